The fraction of sp³-hybridized carbons (Fsp3) is 0.200. The number of esters is 1. The van der Waals surface area contributed by atoms with E-state index in [1.165, 1.54) is 31.2 Å². The number of aliphatic hydroxyl groups excluding tert-OH is 1. The van der Waals surface area contributed by atoms with E-state index >= 15 is 0 Å². The van der Waals surface area contributed by atoms with Gasteiger partial charge in [-0.2, -0.15) is 0 Å². The molecule has 0 radical (unpaired) electrons. The summed E-state index contributed by atoms with van der Waals surface area (Å²) in [5.74, 6) is -2.39. The predicted molar refractivity (Wildman–Crippen MR) is 104 cm³/mol. The standard InChI is InChI=1S/C20H18FNO6S/c1-12(22-28-13(2)24)19(25)15-5-8-18(17(21)11-15)29-16-6-3-14(4-7-16)20(26)27-10-9-23/h3-8,11,23H,9-10H2,1-2H3/b22-12+. The van der Waals surface area contributed by atoms with Gasteiger partial charge in [-0.1, -0.05) is 16.9 Å². The molecule has 0 unspecified atom stereocenters. The molecular formula is C20H18FNO6S. The van der Waals surface area contributed by atoms with Gasteiger partial charge in [0.1, 0.15) is 18.1 Å². The van der Waals surface area contributed by atoms with Crippen LogP contribution >= 0.6 is 11.8 Å². The lowest BCUT2D eigenvalue weighted by molar-refractivity contribution is -0.140. The van der Waals surface area contributed by atoms with Crippen molar-refractivity contribution in [2.45, 2.75) is 23.6 Å². The predicted octanol–water partition coefficient (Wildman–Crippen LogP) is 3.25. The minimum Gasteiger partial charge on any atom is -0.460 e. The Morgan fingerprint density at radius 3 is 2.31 bits per heavy atom. The van der Waals surface area contributed by atoms with Crippen molar-refractivity contribution in [2.75, 3.05) is 13.2 Å². The first-order chi connectivity index (χ1) is 13.8. The lowest BCUT2D eigenvalue weighted by Crippen LogP contribution is -2.12. The number of aliphatic hydroxyl groups is 1. The van der Waals surface area contributed by atoms with Crippen molar-refractivity contribution in [1.82, 2.24) is 0 Å². The molecule has 0 atom stereocenters. The second-order valence-electron chi connectivity index (χ2n) is 5.72. The van der Waals surface area contributed by atoms with Crippen molar-refractivity contribution in [3.63, 3.8) is 0 Å². The largest absolute Gasteiger partial charge is 0.460 e. The van der Waals surface area contributed by atoms with Crippen LogP contribution in [-0.4, -0.2) is 41.8 Å². The van der Waals surface area contributed by atoms with Crippen molar-refractivity contribution in [3.8, 4) is 0 Å². The first-order valence-electron chi connectivity index (χ1n) is 8.44. The molecule has 29 heavy (non-hydrogen) atoms. The molecule has 1 N–H and O–H groups in total. The molecule has 0 fully saturated rings. The number of benzene rings is 2. The van der Waals surface area contributed by atoms with E-state index in [2.05, 4.69) is 9.99 Å². The zero-order valence-electron chi connectivity index (χ0n) is 15.7. The zero-order chi connectivity index (χ0) is 21.4. The number of carbonyl (C=O) groups excluding carboxylic acids is 3. The summed E-state index contributed by atoms with van der Waals surface area (Å²) < 4.78 is 19.2. The van der Waals surface area contributed by atoms with Crippen LogP contribution < -0.4 is 0 Å². The minimum absolute atomic E-state index is 0.0715. The van der Waals surface area contributed by atoms with Crippen LogP contribution in [0.3, 0.4) is 0 Å². The van der Waals surface area contributed by atoms with Crippen molar-refractivity contribution < 1.29 is 33.5 Å². The van der Waals surface area contributed by atoms with E-state index in [-0.39, 0.29) is 29.4 Å². The van der Waals surface area contributed by atoms with E-state index in [4.69, 9.17) is 9.84 Å². The quantitative estimate of drug-likeness (QED) is 0.230. The minimum atomic E-state index is -0.664. The lowest BCUT2D eigenvalue weighted by Gasteiger charge is -2.07. The number of hydrogen-bond acceptors (Lipinski definition) is 8. The van der Waals surface area contributed by atoms with Crippen LogP contribution in [0.2, 0.25) is 0 Å². The molecule has 2 aromatic carbocycles. The Morgan fingerprint density at radius 1 is 1.07 bits per heavy atom. The van der Waals surface area contributed by atoms with Gasteiger partial charge >= 0.3 is 11.9 Å². The van der Waals surface area contributed by atoms with Crippen molar-refractivity contribution in [1.29, 1.82) is 0 Å². The van der Waals surface area contributed by atoms with E-state index in [0.717, 1.165) is 24.8 Å². The molecule has 0 saturated heterocycles. The van der Waals surface area contributed by atoms with Crippen molar-refractivity contribution in [3.05, 3.63) is 59.4 Å². The average molecular weight is 419 g/mol. The van der Waals surface area contributed by atoms with Gasteiger partial charge in [0.05, 0.1) is 12.2 Å². The molecule has 0 aliphatic rings. The third-order valence-electron chi connectivity index (χ3n) is 3.48. The van der Waals surface area contributed by atoms with E-state index in [0.29, 0.717) is 10.5 Å². The molecular weight excluding hydrogens is 401 g/mol. The molecule has 2 aromatic rings. The van der Waals surface area contributed by atoms with Gasteiger partial charge in [-0.3, -0.25) is 4.79 Å². The van der Waals surface area contributed by atoms with E-state index in [9.17, 15) is 18.8 Å². The molecule has 0 spiro atoms. The summed E-state index contributed by atoms with van der Waals surface area (Å²) in [5.41, 5.74) is 0.303. The number of ketones is 1. The van der Waals surface area contributed by atoms with Gasteiger partial charge in [0, 0.05) is 22.3 Å². The lowest BCUT2D eigenvalue weighted by atomic mass is 10.1. The zero-order valence-corrected chi connectivity index (χ0v) is 16.5. The van der Waals surface area contributed by atoms with Crippen LogP contribution in [0.4, 0.5) is 4.39 Å². The SMILES string of the molecule is CC(=O)O/N=C(\C)C(=O)c1ccc(Sc2ccc(C(=O)OCCO)cc2)c(F)c1. The van der Waals surface area contributed by atoms with Crippen LogP contribution in [0, 0.1) is 5.82 Å². The molecule has 0 aliphatic heterocycles. The molecule has 9 heteroatoms. The summed E-state index contributed by atoms with van der Waals surface area (Å²) in [6.45, 7) is 2.17. The normalized spacial score (nSPS) is 11.1. The monoisotopic (exact) mass is 419 g/mol. The Bertz CT molecular complexity index is 942. The average Bonchev–Trinajstić information content (AvgIpc) is 2.71. The molecule has 7 nitrogen and oxygen atoms in total. The van der Waals surface area contributed by atoms with Gasteiger partial charge in [0.2, 0.25) is 5.78 Å². The maximum Gasteiger partial charge on any atom is 0.338 e. The number of halogens is 1. The maximum absolute atomic E-state index is 14.4. The number of carbonyl (C=O) groups is 3. The molecule has 0 aromatic heterocycles. The van der Waals surface area contributed by atoms with Crippen LogP contribution in [-0.2, 0) is 14.4 Å². The molecule has 0 amide bonds. The first-order valence-corrected chi connectivity index (χ1v) is 9.25. The number of rotatable bonds is 8. The van der Waals surface area contributed by atoms with Gasteiger partial charge in [-0.05, 0) is 49.4 Å². The Balaban J connectivity index is 2.09. The van der Waals surface area contributed by atoms with E-state index in [1.807, 2.05) is 0 Å². The third-order valence-corrected chi connectivity index (χ3v) is 4.53. The van der Waals surface area contributed by atoms with E-state index in [1.54, 1.807) is 12.1 Å². The van der Waals surface area contributed by atoms with Crippen LogP contribution in [0.15, 0.2) is 57.4 Å². The summed E-state index contributed by atoms with van der Waals surface area (Å²) in [6, 6.07) is 10.3. The first kappa shape index (κ1) is 22.3. The smallest absolute Gasteiger partial charge is 0.338 e. The number of oxime groups is 1. The Morgan fingerprint density at radius 2 is 1.72 bits per heavy atom. The van der Waals surface area contributed by atoms with Gasteiger partial charge < -0.3 is 14.7 Å². The second kappa shape index (κ2) is 10.5. The van der Waals surface area contributed by atoms with Gasteiger partial charge in [-0.25, -0.2) is 14.0 Å². The molecule has 2 rings (SSSR count). The fourth-order valence-corrected chi connectivity index (χ4v) is 2.93. The highest BCUT2D eigenvalue weighted by Crippen LogP contribution is 2.30. The Hall–Kier alpha value is -3.04. The van der Waals surface area contributed by atoms with Crippen LogP contribution in [0.25, 0.3) is 0 Å². The highest BCUT2D eigenvalue weighted by atomic mass is 32.2. The number of ether oxygens (including phenoxy) is 1. The fourth-order valence-electron chi connectivity index (χ4n) is 2.12. The van der Waals surface area contributed by atoms with Crippen LogP contribution in [0.1, 0.15) is 34.6 Å². The topological polar surface area (TPSA) is 102 Å². The van der Waals surface area contributed by atoms with Gasteiger partial charge in [-0.15, -0.1) is 0 Å². The molecule has 0 saturated carbocycles. The Kier molecular flexibility index (Phi) is 8.05. The number of nitrogens with zero attached hydrogens (tertiary/aromatic N) is 1. The number of Topliss-reactive ketones (excluding diaryl/α,β-unsaturated/α-hetero) is 1. The maximum atomic E-state index is 14.4. The van der Waals surface area contributed by atoms with Gasteiger partial charge in [0.15, 0.2) is 0 Å². The van der Waals surface area contributed by atoms with Crippen LogP contribution in [0.5, 0.6) is 0 Å². The Labute approximate surface area is 170 Å². The summed E-state index contributed by atoms with van der Waals surface area (Å²) >= 11 is 1.12. The molecule has 152 valence electrons. The molecule has 0 aliphatic carbocycles. The molecule has 0 bridgehead atoms. The molecule has 0 heterocycles. The summed E-state index contributed by atoms with van der Waals surface area (Å²) in [6.07, 6.45) is 0. The van der Waals surface area contributed by atoms with Crippen molar-refractivity contribution >= 4 is 35.2 Å². The number of hydrogen-bond donors (Lipinski definition) is 1. The summed E-state index contributed by atoms with van der Waals surface area (Å²) in [7, 11) is 0. The van der Waals surface area contributed by atoms with E-state index < -0.39 is 23.5 Å². The van der Waals surface area contributed by atoms with Gasteiger partial charge in [0.25, 0.3) is 0 Å². The highest BCUT2D eigenvalue weighted by Gasteiger charge is 2.15. The summed E-state index contributed by atoms with van der Waals surface area (Å²) in [5, 5.41) is 12.1. The highest BCUT2D eigenvalue weighted by molar-refractivity contribution is 7.99. The van der Waals surface area contributed by atoms with Crippen molar-refractivity contribution in [2.24, 2.45) is 5.16 Å². The second-order valence-corrected chi connectivity index (χ2v) is 6.84. The summed E-state index contributed by atoms with van der Waals surface area (Å²) in [4.78, 5) is 40.0. The third kappa shape index (κ3) is 6.51.